The van der Waals surface area contributed by atoms with E-state index in [1.807, 2.05) is 0 Å². The fraction of sp³-hybridized carbons (Fsp3) is 0.0909. The molecule has 1 aromatic carbocycles. The van der Waals surface area contributed by atoms with Crippen molar-refractivity contribution in [2.75, 3.05) is 0 Å². The Morgan fingerprint density at radius 2 is 1.81 bits per heavy atom. The average Bonchev–Trinajstić information content (AvgIpc) is 2.58. The predicted molar refractivity (Wildman–Crippen MR) is 89.6 cm³/mol. The van der Waals surface area contributed by atoms with E-state index in [0.717, 1.165) is 3.79 Å². The number of alkyl halides is 1. The van der Waals surface area contributed by atoms with Gasteiger partial charge in [-0.1, -0.05) is 34.1 Å². The lowest BCUT2D eigenvalue weighted by Crippen LogP contribution is -1.94. The van der Waals surface area contributed by atoms with Gasteiger partial charge >= 0.3 is 0 Å². The smallest absolute Gasteiger partial charge is 0.0757 e. The average molecular weight is 537 g/mol. The number of hydrogen-bond acceptors (Lipinski definition) is 1. The van der Waals surface area contributed by atoms with Crippen LogP contribution in [0.15, 0.2) is 37.9 Å². The summed E-state index contributed by atoms with van der Waals surface area (Å²) in [5.41, 5.74) is 2.56. The zero-order valence-electron chi connectivity index (χ0n) is 7.88. The molecule has 16 heavy (non-hydrogen) atoms. The second-order valence-corrected chi connectivity index (χ2v) is 8.99. The summed E-state index contributed by atoms with van der Waals surface area (Å²) < 4.78 is 3.59. The zero-order chi connectivity index (χ0) is 11.7. The van der Waals surface area contributed by atoms with Crippen LogP contribution in [0, 0.1) is 3.57 Å². The fourth-order valence-corrected chi connectivity index (χ4v) is 6.62. The summed E-state index contributed by atoms with van der Waals surface area (Å²) in [6.45, 7) is 0. The van der Waals surface area contributed by atoms with Crippen molar-refractivity contribution in [1.82, 2.24) is 0 Å². The molecule has 2 rings (SSSR count). The molecular formula is C11H6Br3IS. The topological polar surface area (TPSA) is 0 Å². The lowest BCUT2D eigenvalue weighted by atomic mass is 10.1. The van der Waals surface area contributed by atoms with E-state index in [-0.39, 0.29) is 4.83 Å². The van der Waals surface area contributed by atoms with E-state index in [4.69, 9.17) is 0 Å². The normalized spacial score (nSPS) is 12.8. The molecule has 0 amide bonds. The molecule has 0 aliphatic rings. The Bertz CT molecular complexity index is 510. The van der Waals surface area contributed by atoms with Crippen LogP contribution in [-0.2, 0) is 0 Å². The molecule has 2 aromatic rings. The molecule has 0 saturated heterocycles. The van der Waals surface area contributed by atoms with Gasteiger partial charge in [0.25, 0.3) is 0 Å². The van der Waals surface area contributed by atoms with Crippen LogP contribution < -0.4 is 0 Å². The maximum absolute atomic E-state index is 3.76. The Labute approximate surface area is 137 Å². The summed E-state index contributed by atoms with van der Waals surface area (Å²) in [4.78, 5) is 0.234. The van der Waals surface area contributed by atoms with Gasteiger partial charge < -0.3 is 0 Å². The number of halogens is 4. The molecule has 0 aliphatic heterocycles. The predicted octanol–water partition coefficient (Wildman–Crippen LogP) is 6.36. The van der Waals surface area contributed by atoms with Gasteiger partial charge in [-0.25, -0.2) is 0 Å². The monoisotopic (exact) mass is 534 g/mol. The van der Waals surface area contributed by atoms with Crippen molar-refractivity contribution in [2.45, 2.75) is 4.83 Å². The third-order valence-corrected chi connectivity index (χ3v) is 6.49. The van der Waals surface area contributed by atoms with Gasteiger partial charge in [-0.3, -0.25) is 0 Å². The van der Waals surface area contributed by atoms with Crippen LogP contribution in [0.4, 0.5) is 0 Å². The van der Waals surface area contributed by atoms with Crippen molar-refractivity contribution in [2.24, 2.45) is 0 Å². The minimum atomic E-state index is 0.234. The highest BCUT2D eigenvalue weighted by molar-refractivity contribution is 14.1. The lowest BCUT2D eigenvalue weighted by molar-refractivity contribution is 1.17. The fourth-order valence-electron chi connectivity index (χ4n) is 1.37. The maximum Gasteiger partial charge on any atom is 0.0757 e. The summed E-state index contributed by atoms with van der Waals surface area (Å²) in [7, 11) is 0. The first-order valence-electron chi connectivity index (χ1n) is 4.43. The van der Waals surface area contributed by atoms with Gasteiger partial charge in [0.15, 0.2) is 0 Å². The highest BCUT2D eigenvalue weighted by atomic mass is 127. The van der Waals surface area contributed by atoms with Crippen molar-refractivity contribution in [3.8, 4) is 0 Å². The van der Waals surface area contributed by atoms with Crippen molar-refractivity contribution in [3.05, 3.63) is 52.6 Å². The second kappa shape index (κ2) is 5.82. The van der Waals surface area contributed by atoms with Gasteiger partial charge in [0.05, 0.1) is 12.4 Å². The Kier molecular flexibility index (Phi) is 4.92. The summed E-state index contributed by atoms with van der Waals surface area (Å²) in [5, 5.41) is 0. The Morgan fingerprint density at radius 3 is 2.38 bits per heavy atom. The lowest BCUT2D eigenvalue weighted by Gasteiger charge is -2.11. The van der Waals surface area contributed by atoms with E-state index in [9.17, 15) is 0 Å². The Balaban J connectivity index is 2.43. The van der Waals surface area contributed by atoms with Crippen LogP contribution in [0.2, 0.25) is 0 Å². The van der Waals surface area contributed by atoms with Crippen molar-refractivity contribution >= 4 is 81.7 Å². The second-order valence-electron chi connectivity index (χ2n) is 3.16. The van der Waals surface area contributed by atoms with Crippen LogP contribution in [0.1, 0.15) is 16.0 Å². The first-order valence-corrected chi connectivity index (χ1v) is 8.82. The van der Waals surface area contributed by atoms with Gasteiger partial charge in [0.1, 0.15) is 0 Å². The van der Waals surface area contributed by atoms with Crippen LogP contribution in [0.3, 0.4) is 0 Å². The van der Waals surface area contributed by atoms with E-state index in [2.05, 4.69) is 101 Å². The Hall–Kier alpha value is 1.09. The van der Waals surface area contributed by atoms with Gasteiger partial charge in [0.2, 0.25) is 0 Å². The molecule has 1 atom stereocenters. The molecule has 84 valence electrons. The molecule has 0 N–H and O–H groups in total. The first kappa shape index (κ1) is 13.5. The highest BCUT2D eigenvalue weighted by Gasteiger charge is 2.17. The molecule has 1 aromatic heterocycles. The van der Waals surface area contributed by atoms with Gasteiger partial charge in [-0.2, -0.15) is 0 Å². The molecular weight excluding hydrogens is 531 g/mol. The van der Waals surface area contributed by atoms with E-state index in [1.54, 1.807) is 11.3 Å². The molecule has 0 aliphatic carbocycles. The molecule has 0 spiro atoms. The van der Waals surface area contributed by atoms with Crippen molar-refractivity contribution < 1.29 is 0 Å². The summed E-state index contributed by atoms with van der Waals surface area (Å²) in [5.74, 6) is 0. The summed E-state index contributed by atoms with van der Waals surface area (Å²) in [6.07, 6.45) is 0. The summed E-state index contributed by atoms with van der Waals surface area (Å²) in [6, 6.07) is 10.6. The molecule has 0 fully saturated rings. The third kappa shape index (κ3) is 2.91. The molecule has 0 saturated carbocycles. The quantitative estimate of drug-likeness (QED) is 0.309. The van der Waals surface area contributed by atoms with E-state index < -0.39 is 0 Å². The first-order chi connectivity index (χ1) is 7.59. The van der Waals surface area contributed by atoms with Crippen molar-refractivity contribution in [1.29, 1.82) is 0 Å². The SMILES string of the molecule is Brc1cc(C(Br)c2ccccc2I)c(Br)s1. The van der Waals surface area contributed by atoms with E-state index in [0.29, 0.717) is 0 Å². The van der Waals surface area contributed by atoms with E-state index >= 15 is 0 Å². The number of rotatable bonds is 2. The van der Waals surface area contributed by atoms with Crippen molar-refractivity contribution in [3.63, 3.8) is 0 Å². The minimum Gasteiger partial charge on any atom is -0.121 e. The summed E-state index contributed by atoms with van der Waals surface area (Å²) >= 11 is 14.9. The minimum absolute atomic E-state index is 0.234. The molecule has 1 heterocycles. The van der Waals surface area contributed by atoms with Crippen LogP contribution in [0.5, 0.6) is 0 Å². The molecule has 0 nitrogen and oxygen atoms in total. The van der Waals surface area contributed by atoms with Gasteiger partial charge in [0, 0.05) is 3.57 Å². The molecule has 1 unspecified atom stereocenters. The van der Waals surface area contributed by atoms with Crippen LogP contribution in [0.25, 0.3) is 0 Å². The zero-order valence-corrected chi connectivity index (χ0v) is 15.6. The van der Waals surface area contributed by atoms with Gasteiger partial charge in [-0.05, 0) is 77.7 Å². The third-order valence-electron chi connectivity index (χ3n) is 2.13. The standard InChI is InChI=1S/C11H6Br3IS/c12-9-5-7(11(14)16-9)10(13)6-3-1-2-4-8(6)15/h1-5,10H. The largest absolute Gasteiger partial charge is 0.121 e. The molecule has 0 bridgehead atoms. The Morgan fingerprint density at radius 1 is 1.12 bits per heavy atom. The van der Waals surface area contributed by atoms with Crippen LogP contribution >= 0.6 is 81.7 Å². The molecule has 0 radical (unpaired) electrons. The number of hydrogen-bond donors (Lipinski definition) is 0. The maximum atomic E-state index is 3.76. The molecule has 5 heteroatoms. The van der Waals surface area contributed by atoms with Gasteiger partial charge in [-0.15, -0.1) is 11.3 Å². The number of benzene rings is 1. The van der Waals surface area contributed by atoms with E-state index in [1.165, 1.54) is 18.5 Å². The highest BCUT2D eigenvalue weighted by Crippen LogP contribution is 2.42. The van der Waals surface area contributed by atoms with Crippen LogP contribution in [-0.4, -0.2) is 0 Å². The number of thiophene rings is 1.